The van der Waals surface area contributed by atoms with Crippen LogP contribution in [0.3, 0.4) is 0 Å². The van der Waals surface area contributed by atoms with Gasteiger partial charge in [0, 0.05) is 31.4 Å². The van der Waals surface area contributed by atoms with Gasteiger partial charge in [-0.15, -0.1) is 0 Å². The highest BCUT2D eigenvalue weighted by Crippen LogP contribution is 2.48. The Morgan fingerprint density at radius 2 is 1.70 bits per heavy atom. The smallest absolute Gasteiger partial charge is 0.230 e. The number of carbonyl (C=O) groups is 1. The zero-order chi connectivity index (χ0) is 16.4. The fourth-order valence-electron chi connectivity index (χ4n) is 2.80. The molecule has 23 heavy (non-hydrogen) atoms. The first kappa shape index (κ1) is 15.9. The summed E-state index contributed by atoms with van der Waals surface area (Å²) in [5.74, 6) is 0.108. The van der Waals surface area contributed by atoms with Crippen LogP contribution in [0.5, 0.6) is 0 Å². The topological polar surface area (TPSA) is 32.3 Å². The maximum Gasteiger partial charge on any atom is 0.230 e. The van der Waals surface area contributed by atoms with Gasteiger partial charge in [-0.05, 0) is 48.2 Å². The molecule has 3 rings (SSSR count). The molecule has 1 saturated carbocycles. The Morgan fingerprint density at radius 1 is 1.09 bits per heavy atom. The lowest BCUT2D eigenvalue weighted by atomic mass is 9.95. The monoisotopic (exact) mass is 328 g/mol. The molecule has 0 heterocycles. The molecule has 0 bridgehead atoms. The number of halogens is 1. The molecule has 1 aliphatic rings. The van der Waals surface area contributed by atoms with Crippen molar-refractivity contribution < 1.29 is 4.79 Å². The van der Waals surface area contributed by atoms with Crippen molar-refractivity contribution in [3.63, 3.8) is 0 Å². The second-order valence-electron chi connectivity index (χ2n) is 6.33. The summed E-state index contributed by atoms with van der Waals surface area (Å²) >= 11 is 5.93. The van der Waals surface area contributed by atoms with Gasteiger partial charge in [0.1, 0.15) is 0 Å². The molecule has 0 unspecified atom stereocenters. The van der Waals surface area contributed by atoms with E-state index in [1.807, 2.05) is 38.4 Å². The highest BCUT2D eigenvalue weighted by molar-refractivity contribution is 6.30. The van der Waals surface area contributed by atoms with Crippen LogP contribution in [0.1, 0.15) is 24.0 Å². The van der Waals surface area contributed by atoms with E-state index < -0.39 is 0 Å². The van der Waals surface area contributed by atoms with Crippen LogP contribution in [-0.2, 0) is 16.8 Å². The standard InChI is InChI=1S/C19H21ClN2O/c1-22(2)17-9-3-14(4-10-17)13-21-18(23)19(11-12-19)15-5-7-16(20)8-6-15/h3-10H,11-13H2,1-2H3,(H,21,23). The Kier molecular flexibility index (Phi) is 4.31. The average Bonchev–Trinajstić information content (AvgIpc) is 3.35. The van der Waals surface area contributed by atoms with E-state index in [9.17, 15) is 4.79 Å². The zero-order valence-corrected chi connectivity index (χ0v) is 14.2. The van der Waals surface area contributed by atoms with Gasteiger partial charge < -0.3 is 10.2 Å². The molecule has 1 aliphatic carbocycles. The van der Waals surface area contributed by atoms with Gasteiger partial charge >= 0.3 is 0 Å². The van der Waals surface area contributed by atoms with Gasteiger partial charge in [0.2, 0.25) is 5.91 Å². The Hall–Kier alpha value is -2.00. The van der Waals surface area contributed by atoms with Crippen LogP contribution >= 0.6 is 11.6 Å². The highest BCUT2D eigenvalue weighted by Gasteiger charge is 2.50. The fraction of sp³-hybridized carbons (Fsp3) is 0.316. The molecule has 1 amide bonds. The first-order chi connectivity index (χ1) is 11.0. The molecule has 0 aliphatic heterocycles. The number of anilines is 1. The Morgan fingerprint density at radius 3 is 2.22 bits per heavy atom. The maximum absolute atomic E-state index is 12.6. The van der Waals surface area contributed by atoms with Crippen LogP contribution in [0.4, 0.5) is 5.69 Å². The molecule has 0 radical (unpaired) electrons. The second kappa shape index (κ2) is 6.25. The predicted octanol–water partition coefficient (Wildman–Crippen LogP) is 3.75. The van der Waals surface area contributed by atoms with Crippen molar-refractivity contribution in [1.82, 2.24) is 5.32 Å². The Labute approximate surface area is 142 Å². The molecule has 0 spiro atoms. The number of benzene rings is 2. The molecule has 1 N–H and O–H groups in total. The summed E-state index contributed by atoms with van der Waals surface area (Å²) in [6, 6.07) is 15.9. The number of nitrogens with one attached hydrogen (secondary N) is 1. The molecular formula is C19H21ClN2O. The molecule has 0 saturated heterocycles. The molecule has 2 aromatic carbocycles. The summed E-state index contributed by atoms with van der Waals surface area (Å²) in [5.41, 5.74) is 2.96. The van der Waals surface area contributed by atoms with Crippen molar-refractivity contribution in [1.29, 1.82) is 0 Å². The van der Waals surface area contributed by atoms with E-state index in [0.717, 1.165) is 29.7 Å². The molecule has 2 aromatic rings. The Balaban J connectivity index is 1.64. The molecule has 0 atom stereocenters. The lowest BCUT2D eigenvalue weighted by Gasteiger charge is -2.17. The lowest BCUT2D eigenvalue weighted by molar-refractivity contribution is -0.123. The number of amides is 1. The molecule has 0 aromatic heterocycles. The number of hydrogen-bond acceptors (Lipinski definition) is 2. The van der Waals surface area contributed by atoms with Gasteiger partial charge in [-0.1, -0.05) is 35.9 Å². The van der Waals surface area contributed by atoms with Crippen molar-refractivity contribution in [2.24, 2.45) is 0 Å². The highest BCUT2D eigenvalue weighted by atomic mass is 35.5. The van der Waals surface area contributed by atoms with E-state index >= 15 is 0 Å². The van der Waals surface area contributed by atoms with E-state index in [0.29, 0.717) is 11.6 Å². The second-order valence-corrected chi connectivity index (χ2v) is 6.77. The van der Waals surface area contributed by atoms with Gasteiger partial charge in [-0.2, -0.15) is 0 Å². The van der Waals surface area contributed by atoms with Crippen molar-refractivity contribution in [3.8, 4) is 0 Å². The van der Waals surface area contributed by atoms with Gasteiger partial charge in [-0.25, -0.2) is 0 Å². The van der Waals surface area contributed by atoms with Gasteiger partial charge in [0.15, 0.2) is 0 Å². The summed E-state index contributed by atoms with van der Waals surface area (Å²) in [6.07, 6.45) is 1.81. The molecular weight excluding hydrogens is 308 g/mol. The van der Waals surface area contributed by atoms with Gasteiger partial charge in [0.25, 0.3) is 0 Å². The van der Waals surface area contributed by atoms with Crippen molar-refractivity contribution in [3.05, 3.63) is 64.7 Å². The molecule has 3 nitrogen and oxygen atoms in total. The SMILES string of the molecule is CN(C)c1ccc(CNC(=O)C2(c3ccc(Cl)cc3)CC2)cc1. The van der Waals surface area contributed by atoms with Crippen LogP contribution in [0.2, 0.25) is 5.02 Å². The first-order valence-corrected chi connectivity index (χ1v) is 8.20. The van der Waals surface area contributed by atoms with Crippen molar-refractivity contribution in [2.75, 3.05) is 19.0 Å². The number of carbonyl (C=O) groups excluding carboxylic acids is 1. The summed E-state index contributed by atoms with van der Waals surface area (Å²) in [4.78, 5) is 14.7. The summed E-state index contributed by atoms with van der Waals surface area (Å²) in [5, 5.41) is 3.78. The van der Waals surface area contributed by atoms with Crippen LogP contribution in [-0.4, -0.2) is 20.0 Å². The van der Waals surface area contributed by atoms with E-state index in [2.05, 4.69) is 34.5 Å². The van der Waals surface area contributed by atoms with Crippen LogP contribution in [0, 0.1) is 0 Å². The van der Waals surface area contributed by atoms with Crippen LogP contribution in [0.15, 0.2) is 48.5 Å². The zero-order valence-electron chi connectivity index (χ0n) is 13.5. The van der Waals surface area contributed by atoms with Crippen molar-refractivity contribution >= 4 is 23.2 Å². The number of nitrogens with zero attached hydrogens (tertiary/aromatic N) is 1. The normalized spacial score (nSPS) is 15.1. The van der Waals surface area contributed by atoms with Crippen LogP contribution in [0.25, 0.3) is 0 Å². The quantitative estimate of drug-likeness (QED) is 0.906. The Bertz CT molecular complexity index is 688. The lowest BCUT2D eigenvalue weighted by Crippen LogP contribution is -2.34. The van der Waals surface area contributed by atoms with E-state index in [4.69, 9.17) is 11.6 Å². The minimum Gasteiger partial charge on any atom is -0.378 e. The summed E-state index contributed by atoms with van der Waals surface area (Å²) in [6.45, 7) is 0.557. The third-order valence-electron chi connectivity index (χ3n) is 4.49. The summed E-state index contributed by atoms with van der Waals surface area (Å²) < 4.78 is 0. The fourth-order valence-corrected chi connectivity index (χ4v) is 2.93. The van der Waals surface area contributed by atoms with Gasteiger partial charge in [-0.3, -0.25) is 4.79 Å². The number of hydrogen-bond donors (Lipinski definition) is 1. The van der Waals surface area contributed by atoms with E-state index in [1.165, 1.54) is 0 Å². The minimum absolute atomic E-state index is 0.108. The maximum atomic E-state index is 12.6. The third-order valence-corrected chi connectivity index (χ3v) is 4.74. The number of rotatable bonds is 5. The third kappa shape index (κ3) is 3.35. The van der Waals surface area contributed by atoms with Crippen molar-refractivity contribution in [2.45, 2.75) is 24.8 Å². The largest absolute Gasteiger partial charge is 0.378 e. The molecule has 4 heteroatoms. The molecule has 120 valence electrons. The van der Waals surface area contributed by atoms with E-state index in [-0.39, 0.29) is 11.3 Å². The van der Waals surface area contributed by atoms with Crippen LogP contribution < -0.4 is 10.2 Å². The first-order valence-electron chi connectivity index (χ1n) is 7.82. The minimum atomic E-state index is -0.353. The van der Waals surface area contributed by atoms with Gasteiger partial charge in [0.05, 0.1) is 5.41 Å². The predicted molar refractivity (Wildman–Crippen MR) is 95.0 cm³/mol. The summed E-state index contributed by atoms with van der Waals surface area (Å²) in [7, 11) is 4.03. The van der Waals surface area contributed by atoms with E-state index in [1.54, 1.807) is 0 Å². The average molecular weight is 329 g/mol. The molecule has 1 fully saturated rings.